The molecule has 1 amide bonds. The smallest absolute Gasteiger partial charge is 0.251 e. The minimum atomic E-state index is -0.105. The number of nitrogen functional groups attached to an aromatic ring is 1. The van der Waals surface area contributed by atoms with Crippen molar-refractivity contribution in [3.8, 4) is 5.75 Å². The Morgan fingerprint density at radius 1 is 1.33 bits per heavy atom. The molecule has 1 rings (SSSR count). The zero-order valence-electron chi connectivity index (χ0n) is 11.5. The fourth-order valence-corrected chi connectivity index (χ4v) is 1.45. The Morgan fingerprint density at radius 2 is 2.00 bits per heavy atom. The van der Waals surface area contributed by atoms with E-state index in [0.717, 1.165) is 0 Å². The highest BCUT2D eigenvalue weighted by atomic mass is 16.5. The molecule has 0 saturated heterocycles. The third-order valence-corrected chi connectivity index (χ3v) is 2.31. The number of benzene rings is 1. The molecule has 18 heavy (non-hydrogen) atoms. The van der Waals surface area contributed by atoms with E-state index >= 15 is 0 Å². The fourth-order valence-electron chi connectivity index (χ4n) is 1.45. The number of rotatable bonds is 5. The van der Waals surface area contributed by atoms with E-state index in [0.29, 0.717) is 29.5 Å². The van der Waals surface area contributed by atoms with Crippen LogP contribution in [0, 0.1) is 5.92 Å². The molecular weight excluding hydrogens is 228 g/mol. The first kappa shape index (κ1) is 14.4. The van der Waals surface area contributed by atoms with Crippen LogP contribution >= 0.6 is 0 Å². The molecule has 0 bridgehead atoms. The van der Waals surface area contributed by atoms with Crippen LogP contribution < -0.4 is 15.8 Å². The third kappa shape index (κ3) is 4.28. The molecule has 0 atom stereocenters. The van der Waals surface area contributed by atoms with Crippen molar-refractivity contribution in [2.75, 3.05) is 12.3 Å². The lowest BCUT2D eigenvalue weighted by molar-refractivity contribution is 0.0949. The summed E-state index contributed by atoms with van der Waals surface area (Å²) < 4.78 is 5.52. The van der Waals surface area contributed by atoms with Crippen molar-refractivity contribution in [1.82, 2.24) is 5.32 Å². The van der Waals surface area contributed by atoms with E-state index in [4.69, 9.17) is 10.5 Å². The van der Waals surface area contributed by atoms with Gasteiger partial charge in [0.2, 0.25) is 0 Å². The fraction of sp³-hybridized carbons (Fsp3) is 0.500. The molecule has 0 radical (unpaired) electrons. The molecule has 0 aromatic heterocycles. The van der Waals surface area contributed by atoms with Gasteiger partial charge in [0.1, 0.15) is 5.75 Å². The monoisotopic (exact) mass is 250 g/mol. The van der Waals surface area contributed by atoms with Crippen LogP contribution in [0.4, 0.5) is 5.69 Å². The number of hydrogen-bond donors (Lipinski definition) is 2. The van der Waals surface area contributed by atoms with Crippen LogP contribution in [0.3, 0.4) is 0 Å². The lowest BCUT2D eigenvalue weighted by Gasteiger charge is -2.13. The van der Waals surface area contributed by atoms with E-state index in [9.17, 15) is 4.79 Å². The first-order valence-corrected chi connectivity index (χ1v) is 6.24. The summed E-state index contributed by atoms with van der Waals surface area (Å²) in [6, 6.07) is 5.11. The Balaban J connectivity index is 2.74. The van der Waals surface area contributed by atoms with Gasteiger partial charge in [0.25, 0.3) is 5.91 Å². The summed E-state index contributed by atoms with van der Waals surface area (Å²) >= 11 is 0. The largest absolute Gasteiger partial charge is 0.489 e. The van der Waals surface area contributed by atoms with E-state index in [1.54, 1.807) is 18.2 Å². The first-order chi connectivity index (χ1) is 8.40. The van der Waals surface area contributed by atoms with Gasteiger partial charge in [-0.1, -0.05) is 13.8 Å². The highest BCUT2D eigenvalue weighted by Crippen LogP contribution is 2.23. The molecule has 0 aliphatic heterocycles. The van der Waals surface area contributed by atoms with Crippen molar-refractivity contribution in [1.29, 1.82) is 0 Å². The molecule has 1 aromatic rings. The highest BCUT2D eigenvalue weighted by molar-refractivity contribution is 5.95. The van der Waals surface area contributed by atoms with Crippen LogP contribution in [-0.4, -0.2) is 18.6 Å². The van der Waals surface area contributed by atoms with E-state index in [1.807, 2.05) is 27.7 Å². The van der Waals surface area contributed by atoms with Crippen molar-refractivity contribution in [3.63, 3.8) is 0 Å². The number of amides is 1. The predicted molar refractivity (Wildman–Crippen MR) is 73.8 cm³/mol. The quantitative estimate of drug-likeness (QED) is 0.789. The minimum absolute atomic E-state index is 0.0629. The van der Waals surface area contributed by atoms with Crippen LogP contribution in [0.5, 0.6) is 5.75 Å². The van der Waals surface area contributed by atoms with Crippen molar-refractivity contribution in [3.05, 3.63) is 23.8 Å². The molecule has 0 saturated carbocycles. The molecule has 0 spiro atoms. The summed E-state index contributed by atoms with van der Waals surface area (Å²) in [6.45, 7) is 8.62. The van der Waals surface area contributed by atoms with E-state index in [-0.39, 0.29) is 12.0 Å². The Kier molecular flexibility index (Phi) is 5.01. The molecule has 1 aromatic carbocycles. The second-order valence-electron chi connectivity index (χ2n) is 5.02. The van der Waals surface area contributed by atoms with Crippen molar-refractivity contribution < 1.29 is 9.53 Å². The zero-order valence-corrected chi connectivity index (χ0v) is 11.5. The van der Waals surface area contributed by atoms with E-state index in [2.05, 4.69) is 5.32 Å². The molecule has 100 valence electrons. The number of anilines is 1. The topological polar surface area (TPSA) is 64.3 Å². The Hall–Kier alpha value is -1.71. The zero-order chi connectivity index (χ0) is 13.7. The molecule has 4 nitrogen and oxygen atoms in total. The van der Waals surface area contributed by atoms with E-state index < -0.39 is 0 Å². The van der Waals surface area contributed by atoms with Gasteiger partial charge < -0.3 is 15.8 Å². The number of ether oxygens (including phenoxy) is 1. The van der Waals surface area contributed by atoms with E-state index in [1.165, 1.54) is 0 Å². The van der Waals surface area contributed by atoms with Crippen LogP contribution in [0.1, 0.15) is 38.1 Å². The minimum Gasteiger partial charge on any atom is -0.489 e. The Bertz CT molecular complexity index is 414. The van der Waals surface area contributed by atoms with Gasteiger partial charge in [-0.2, -0.15) is 0 Å². The lowest BCUT2D eigenvalue weighted by atomic mass is 10.1. The standard InChI is InChI=1S/C14H22N2O2/c1-9(2)8-16-14(17)11-5-6-13(12(15)7-11)18-10(3)4/h5-7,9-10H,8,15H2,1-4H3,(H,16,17). The highest BCUT2D eigenvalue weighted by Gasteiger charge is 2.09. The van der Waals surface area contributed by atoms with Gasteiger partial charge in [-0.15, -0.1) is 0 Å². The maximum atomic E-state index is 11.8. The van der Waals surface area contributed by atoms with Gasteiger partial charge in [0.05, 0.1) is 11.8 Å². The number of hydrogen-bond acceptors (Lipinski definition) is 3. The molecule has 0 unspecified atom stereocenters. The molecule has 0 fully saturated rings. The molecular formula is C14H22N2O2. The number of nitrogens with two attached hydrogens (primary N) is 1. The summed E-state index contributed by atoms with van der Waals surface area (Å²) in [6.07, 6.45) is 0.0629. The molecule has 0 aliphatic carbocycles. The summed E-state index contributed by atoms with van der Waals surface area (Å²) in [5, 5.41) is 2.85. The number of carbonyl (C=O) groups excluding carboxylic acids is 1. The summed E-state index contributed by atoms with van der Waals surface area (Å²) in [5.74, 6) is 0.937. The van der Waals surface area contributed by atoms with Crippen LogP contribution in [0.2, 0.25) is 0 Å². The summed E-state index contributed by atoms with van der Waals surface area (Å²) in [4.78, 5) is 11.8. The van der Waals surface area contributed by atoms with Gasteiger partial charge >= 0.3 is 0 Å². The molecule has 4 heteroatoms. The summed E-state index contributed by atoms with van der Waals surface area (Å²) in [5.41, 5.74) is 6.90. The average molecular weight is 250 g/mol. The predicted octanol–water partition coefficient (Wildman–Crippen LogP) is 2.44. The maximum Gasteiger partial charge on any atom is 0.251 e. The lowest BCUT2D eigenvalue weighted by Crippen LogP contribution is -2.27. The molecule has 0 aliphatic rings. The third-order valence-electron chi connectivity index (χ3n) is 2.31. The molecule has 3 N–H and O–H groups in total. The van der Waals surface area contributed by atoms with Crippen molar-refractivity contribution in [2.24, 2.45) is 5.92 Å². The summed E-state index contributed by atoms with van der Waals surface area (Å²) in [7, 11) is 0. The second-order valence-corrected chi connectivity index (χ2v) is 5.02. The van der Waals surface area contributed by atoms with Crippen LogP contribution in [0.25, 0.3) is 0 Å². The Labute approximate surface area is 109 Å². The van der Waals surface area contributed by atoms with Gasteiger partial charge in [0.15, 0.2) is 0 Å². The Morgan fingerprint density at radius 3 is 2.50 bits per heavy atom. The average Bonchev–Trinajstić information content (AvgIpc) is 2.28. The van der Waals surface area contributed by atoms with Crippen molar-refractivity contribution in [2.45, 2.75) is 33.8 Å². The van der Waals surface area contributed by atoms with Crippen LogP contribution in [-0.2, 0) is 0 Å². The van der Waals surface area contributed by atoms with Crippen LogP contribution in [0.15, 0.2) is 18.2 Å². The number of nitrogens with one attached hydrogen (secondary N) is 1. The van der Waals surface area contributed by atoms with Gasteiger partial charge in [-0.3, -0.25) is 4.79 Å². The maximum absolute atomic E-state index is 11.8. The van der Waals surface area contributed by atoms with Crippen molar-refractivity contribution >= 4 is 11.6 Å². The van der Waals surface area contributed by atoms with Gasteiger partial charge in [0, 0.05) is 12.1 Å². The first-order valence-electron chi connectivity index (χ1n) is 6.24. The normalized spacial score (nSPS) is 10.8. The molecule has 0 heterocycles. The second kappa shape index (κ2) is 6.28. The van der Waals surface area contributed by atoms with Gasteiger partial charge in [-0.25, -0.2) is 0 Å². The number of carbonyl (C=O) groups is 1. The SMILES string of the molecule is CC(C)CNC(=O)c1ccc(OC(C)C)c(N)c1. The van der Waals surface area contributed by atoms with Gasteiger partial charge in [-0.05, 0) is 38.0 Å².